The molecule has 6 aromatic rings. The molecule has 40 heteroatoms. The van der Waals surface area contributed by atoms with Crippen LogP contribution in [-0.4, -0.2) is 198 Å². The first-order chi connectivity index (χ1) is 51.5. The lowest BCUT2D eigenvalue weighted by atomic mass is 9.89. The molecule has 109 heavy (non-hydrogen) atoms. The van der Waals surface area contributed by atoms with Crippen LogP contribution >= 0.6 is 57.6 Å². The summed E-state index contributed by atoms with van der Waals surface area (Å²) in [6, 6.07) is 0.251. The lowest BCUT2D eigenvalue weighted by Gasteiger charge is -2.46. The van der Waals surface area contributed by atoms with Gasteiger partial charge >= 0.3 is 5.97 Å². The first kappa shape index (κ1) is 80.6. The number of benzene rings is 5. The van der Waals surface area contributed by atoms with E-state index in [1.54, 1.807) is 22.6 Å². The fraction of sp³-hybridized carbons (Fsp3) is 0.391. The van der Waals surface area contributed by atoms with Crippen LogP contribution in [0.1, 0.15) is 98.2 Å². The van der Waals surface area contributed by atoms with Crippen molar-refractivity contribution in [3.05, 3.63) is 123 Å². The number of nitrogen functional groups attached to an aromatic ring is 1. The quantitative estimate of drug-likeness (QED) is 0.0227. The smallest absolute Gasteiger partial charge is 0.330 e. The van der Waals surface area contributed by atoms with Crippen molar-refractivity contribution in [3.63, 3.8) is 0 Å². The van der Waals surface area contributed by atoms with Gasteiger partial charge in [0.15, 0.2) is 35.1 Å². The summed E-state index contributed by atoms with van der Waals surface area (Å²) in [6.07, 6.45) is -18.7. The van der Waals surface area contributed by atoms with Crippen LogP contribution in [0.4, 0.5) is 5.82 Å². The van der Waals surface area contributed by atoms with Gasteiger partial charge in [-0.05, 0) is 103 Å². The maximum atomic E-state index is 16.2. The molecule has 0 spiro atoms. The Labute approximate surface area is 646 Å². The molecule has 1 aromatic heterocycles. The number of aliphatic carboxylic acids is 1. The molecular formula is C69H75Cl2IN12O24S. The number of alkyl halides is 1. The highest BCUT2D eigenvalue weighted by Gasteiger charge is 2.52. The van der Waals surface area contributed by atoms with E-state index in [1.165, 1.54) is 26.1 Å². The molecule has 36 nitrogen and oxygen atoms in total. The zero-order valence-corrected chi connectivity index (χ0v) is 62.1. The number of rotatable bonds is 15. The van der Waals surface area contributed by atoms with Gasteiger partial charge < -0.3 is 134 Å². The molecule has 8 heterocycles. The van der Waals surface area contributed by atoms with Gasteiger partial charge in [0.05, 0.1) is 34.7 Å². The summed E-state index contributed by atoms with van der Waals surface area (Å²) in [5.41, 5.74) is 15.3. The molecule has 18 atom stereocenters. The van der Waals surface area contributed by atoms with Crippen molar-refractivity contribution in [3.8, 4) is 63.0 Å². The topological polar surface area (TPSA) is 582 Å². The number of carboxylic acid groups (broad SMARTS) is 1. The summed E-state index contributed by atoms with van der Waals surface area (Å²) >= 11 is 16.8. The SMILES string of the molecule is CN[C@@H](CC(C)C)C(=O)NC1C(=O)NC(CC(N)=O)C(=O)NC2C(=O)NC3C(=O)N[C@H](C(=O)NC(C(=O)O)c4cc(O)cc(O)c4-c4cc3ccc4O)[C@H](O)c3ccc(c(Cl)c3)Oc3cc2cc(c3OC2OC(CSc3nc(N)cc(O)n3)C(O)C(O)C2OC2CC(N)(I)C(O)C(C)O2)Oc2ccc(cc2Cl)C1O. The molecule has 7 aliphatic rings. The second-order valence-corrected chi connectivity index (χ2v) is 30.5. The number of amides is 7. The van der Waals surface area contributed by atoms with E-state index in [2.05, 4.69) is 47.2 Å². The Morgan fingerprint density at radius 3 is 1.96 bits per heavy atom. The number of aliphatic hydroxyl groups is 5. The molecule has 0 radical (unpaired) electrons. The normalized spacial score (nSPS) is 28.1. The van der Waals surface area contributed by atoms with Crippen molar-refractivity contribution in [1.29, 1.82) is 0 Å². The summed E-state index contributed by atoms with van der Waals surface area (Å²) in [4.78, 5) is 126. The van der Waals surface area contributed by atoms with E-state index in [0.29, 0.717) is 0 Å². The number of likely N-dealkylation sites (N-methyl/N-ethyl adjacent to an activating group) is 1. The molecule has 7 aliphatic heterocycles. The number of thioether (sulfide) groups is 1. The van der Waals surface area contributed by atoms with Crippen molar-refractivity contribution in [2.24, 2.45) is 17.4 Å². The predicted octanol–water partition coefficient (Wildman–Crippen LogP) is 1.36. The van der Waals surface area contributed by atoms with Gasteiger partial charge in [-0.15, -0.1) is 0 Å². The van der Waals surface area contributed by atoms with Crippen LogP contribution in [0.25, 0.3) is 11.1 Å². The van der Waals surface area contributed by atoms with Gasteiger partial charge in [-0.25, -0.2) is 9.78 Å². The average molecular weight is 1690 g/mol. The molecule has 23 N–H and O–H groups in total. The molecule has 2 fully saturated rings. The van der Waals surface area contributed by atoms with Gasteiger partial charge in [-0.2, -0.15) is 4.98 Å². The third kappa shape index (κ3) is 17.8. The predicted molar refractivity (Wildman–Crippen MR) is 389 cm³/mol. The first-order valence-corrected chi connectivity index (χ1v) is 36.3. The second-order valence-electron chi connectivity index (χ2n) is 26.7. The van der Waals surface area contributed by atoms with Gasteiger partial charge in [-0.3, -0.25) is 33.6 Å². The Hall–Kier alpha value is -9.40. The number of phenols is 3. The standard InChI is InChI=1S/C69H75Cl2IN12O24S/c1-23(2)11-34(76-4)60(95)83-51-53(90)26-6-9-38(32(70)13-26)104-40-15-28-16-41(57(40)108-67-58(107-46-21-69(72,75)59(94)24(3)103-46)56(93)55(92)42(106-67)22-109-68-78-43(73)20-45(89)79-68)105-39-10-7-27(14-33(39)71)54(91)52-65(100)82-50(66(101)102)31-17-29(85)18-37(87)47(31)30-12-25(5-8-36(30)86)48(62(97)84-52)81-63(98)49(28)80-61(96)35(19-44(74)88)77-64(51)99/h5-10,12-18,20,23-24,34-35,42,46,48-56,58-59,67,76,85-87,90-94H,11,19,21-22,75H2,1-4H3,(H2,74,88)(H,77,99)(H,80,96)(H,81,98)(H,82,100)(H,83,95)(H,84,97)(H,101,102)(H3,73,78,79,89)/t24?,34-,35?,42?,46?,48?,49?,50?,51?,52-,53?,54+,55?,56?,58?,59?,67?,69?/m0/s1. The van der Waals surface area contributed by atoms with Gasteiger partial charge in [0.2, 0.25) is 59.3 Å². The van der Waals surface area contributed by atoms with Gasteiger partial charge in [0, 0.05) is 41.0 Å². The monoisotopic (exact) mass is 1680 g/mol. The van der Waals surface area contributed by atoms with Gasteiger partial charge in [-0.1, -0.05) is 89.6 Å². The van der Waals surface area contributed by atoms with Crippen LogP contribution in [0.3, 0.4) is 0 Å². The number of nitrogens with zero attached hydrogens (tertiary/aromatic N) is 2. The Morgan fingerprint density at radius 1 is 0.734 bits per heavy atom. The van der Waals surface area contributed by atoms with Crippen LogP contribution < -0.4 is 68.6 Å². The van der Waals surface area contributed by atoms with E-state index < -0.39 is 234 Å². The second kappa shape index (κ2) is 33.0. The Bertz CT molecular complexity index is 4550. The number of carboxylic acids is 1. The summed E-state index contributed by atoms with van der Waals surface area (Å²) < 4.78 is 37.9. The number of carbonyl (C=O) groups excluding carboxylic acids is 7. The number of aromatic nitrogens is 2. The van der Waals surface area contributed by atoms with E-state index in [0.717, 1.165) is 84.6 Å². The number of phenolic OH excluding ortho intramolecular Hbond substituents is 3. The van der Waals surface area contributed by atoms with Crippen LogP contribution in [0.2, 0.25) is 10.0 Å². The summed E-state index contributed by atoms with van der Waals surface area (Å²) in [7, 11) is 1.47. The van der Waals surface area contributed by atoms with E-state index in [1.807, 2.05) is 13.8 Å². The van der Waals surface area contributed by atoms with Crippen LogP contribution in [0.5, 0.6) is 51.9 Å². The van der Waals surface area contributed by atoms with Crippen molar-refractivity contribution < 1.29 is 118 Å². The summed E-state index contributed by atoms with van der Waals surface area (Å²) in [6.45, 7) is 5.12. The van der Waals surface area contributed by atoms with Gasteiger partial charge in [0.1, 0.15) is 98.8 Å². The Balaban J connectivity index is 1.17. The van der Waals surface area contributed by atoms with Crippen molar-refractivity contribution in [2.75, 3.05) is 18.5 Å². The number of fused-ring (bicyclic) bond motifs is 15. The molecule has 0 saturated carbocycles. The minimum atomic E-state index is -2.37. The number of aliphatic hydroxyl groups excluding tert-OH is 5. The fourth-order valence-corrected chi connectivity index (χ4v) is 15.1. The van der Waals surface area contributed by atoms with Gasteiger partial charge in [0.25, 0.3) is 0 Å². The summed E-state index contributed by atoms with van der Waals surface area (Å²) in [5.74, 6) is -17.2. The molecular weight excluding hydrogens is 1610 g/mol. The number of primary amides is 1. The molecule has 7 amide bonds. The van der Waals surface area contributed by atoms with Crippen LogP contribution in [0.15, 0.2) is 90.1 Å². The number of nitrogens with one attached hydrogen (secondary N) is 7. The molecule has 2 saturated heterocycles. The maximum absolute atomic E-state index is 16.2. The zero-order valence-electron chi connectivity index (χ0n) is 57.7. The third-order valence-electron chi connectivity index (χ3n) is 18.4. The number of anilines is 1. The lowest BCUT2D eigenvalue weighted by molar-refractivity contribution is -0.325. The van der Waals surface area contributed by atoms with Crippen molar-refractivity contribution in [2.45, 2.75) is 152 Å². The highest BCUT2D eigenvalue weighted by Crippen LogP contribution is 2.50. The highest BCUT2D eigenvalue weighted by molar-refractivity contribution is 14.1. The highest BCUT2D eigenvalue weighted by atomic mass is 127. The van der Waals surface area contributed by atoms with E-state index in [-0.39, 0.29) is 62.9 Å². The number of aromatic hydroxyl groups is 4. The molecule has 0 aliphatic carbocycles. The molecule has 5 aromatic carbocycles. The number of halogens is 3. The van der Waals surface area contributed by atoms with E-state index in [9.17, 15) is 75.0 Å². The van der Waals surface area contributed by atoms with Crippen LogP contribution in [-0.2, 0) is 52.6 Å². The summed E-state index contributed by atoms with van der Waals surface area (Å²) in [5, 5.41) is 132. The minimum Gasteiger partial charge on any atom is -0.508 e. The average Bonchev–Trinajstić information content (AvgIpc) is 0.767. The van der Waals surface area contributed by atoms with Crippen molar-refractivity contribution in [1.82, 2.24) is 47.2 Å². The third-order valence-corrected chi connectivity index (χ3v) is 21.0. The van der Waals surface area contributed by atoms with Crippen LogP contribution in [0, 0.1) is 5.92 Å². The number of hydrogen-bond donors (Lipinski definition) is 20. The number of nitrogens with two attached hydrogens (primary N) is 3. The molecule has 13 rings (SSSR count). The minimum absolute atomic E-state index is 0.110. The first-order valence-electron chi connectivity index (χ1n) is 33.5. The fourth-order valence-electron chi connectivity index (χ4n) is 12.9. The van der Waals surface area contributed by atoms with Crippen molar-refractivity contribution >= 4 is 111 Å². The number of carbonyl (C=O) groups is 8. The molecule has 11 bridgehead atoms. The molecule has 582 valence electrons. The number of hydrogen-bond acceptors (Lipinski definition) is 29. The molecule has 15 unspecified atom stereocenters. The Kier molecular flexibility index (Phi) is 24.4. The van der Waals surface area contributed by atoms with E-state index in [4.69, 9.17) is 68.8 Å². The largest absolute Gasteiger partial charge is 0.508 e. The maximum Gasteiger partial charge on any atom is 0.330 e. The Morgan fingerprint density at radius 2 is 1.36 bits per heavy atom. The lowest BCUT2D eigenvalue weighted by Crippen LogP contribution is -2.63. The van der Waals surface area contributed by atoms with E-state index >= 15 is 14.4 Å². The number of ether oxygens (including phenoxy) is 6. The zero-order chi connectivity index (χ0) is 79.1.